The molecule has 1 aliphatic rings. The number of benzene rings is 1. The largest absolute Gasteiger partial charge is 0.479 e. The van der Waals surface area contributed by atoms with Crippen molar-refractivity contribution in [3.05, 3.63) is 41.8 Å². The van der Waals surface area contributed by atoms with Gasteiger partial charge in [-0.1, -0.05) is 18.2 Å². The summed E-state index contributed by atoms with van der Waals surface area (Å²) in [5.41, 5.74) is 6.47. The van der Waals surface area contributed by atoms with Crippen molar-refractivity contribution >= 4 is 11.8 Å². The normalized spacial score (nSPS) is 14.5. The highest BCUT2D eigenvalue weighted by atomic mass is 16.5. The number of carbonyl (C=O) groups is 1. The zero-order valence-electron chi connectivity index (χ0n) is 8.14. The Kier molecular flexibility index (Phi) is 2.67. The Morgan fingerprint density at radius 3 is 2.93 bits per heavy atom. The summed E-state index contributed by atoms with van der Waals surface area (Å²) in [5.74, 6) is 0.115. The molecule has 0 fully saturated rings. The number of ether oxygens (including phenoxy) is 1. The van der Waals surface area contributed by atoms with Crippen molar-refractivity contribution in [3.8, 4) is 0 Å². The molecule has 0 unspecified atom stereocenters. The first kappa shape index (κ1) is 9.71. The summed E-state index contributed by atoms with van der Waals surface area (Å²) >= 11 is 0. The van der Waals surface area contributed by atoms with Crippen LogP contribution in [0.3, 0.4) is 0 Å². The Bertz CT molecular complexity index is 413. The lowest BCUT2D eigenvalue weighted by atomic mass is 10.0. The number of nitrogens with two attached hydrogens (primary N) is 1. The molecule has 0 aromatic heterocycles. The van der Waals surface area contributed by atoms with E-state index in [9.17, 15) is 4.79 Å². The van der Waals surface area contributed by atoms with Gasteiger partial charge in [0.15, 0.2) is 5.90 Å². The zero-order valence-corrected chi connectivity index (χ0v) is 8.14. The van der Waals surface area contributed by atoms with Crippen LogP contribution in [0.1, 0.15) is 15.9 Å². The van der Waals surface area contributed by atoms with E-state index in [4.69, 9.17) is 10.5 Å². The summed E-state index contributed by atoms with van der Waals surface area (Å²) in [6, 6.07) is 7.11. The number of hydrogen-bond donors (Lipinski definition) is 1. The highest BCUT2D eigenvalue weighted by Gasteiger charge is 2.13. The molecule has 0 atom stereocenters. The number of aliphatic imine (C=N–C) groups is 1. The monoisotopic (exact) mass is 203 g/mol. The van der Waals surface area contributed by atoms with Gasteiger partial charge in [-0.05, 0) is 11.6 Å². The second kappa shape index (κ2) is 4.13. The third-order valence-electron chi connectivity index (χ3n) is 2.11. The molecule has 0 saturated carbocycles. The fourth-order valence-electron chi connectivity index (χ4n) is 1.42. The van der Waals surface area contributed by atoms with E-state index >= 15 is 0 Å². The minimum atomic E-state index is -0.444. The number of hydrogen-bond acceptors (Lipinski definition) is 3. The van der Waals surface area contributed by atoms with Crippen LogP contribution in [0.4, 0.5) is 0 Å². The highest BCUT2D eigenvalue weighted by molar-refractivity contribution is 5.98. The predicted octanol–water partition coefficient (Wildman–Crippen LogP) is 0.767. The molecule has 1 heterocycles. The number of primary amides is 1. The van der Waals surface area contributed by atoms with Gasteiger partial charge < -0.3 is 10.5 Å². The molecular formula is C11H11N2O2. The van der Waals surface area contributed by atoms with E-state index in [1.807, 2.05) is 12.1 Å². The molecule has 15 heavy (non-hydrogen) atoms. The second-order valence-corrected chi connectivity index (χ2v) is 3.16. The van der Waals surface area contributed by atoms with Gasteiger partial charge in [0.1, 0.15) is 6.61 Å². The standard InChI is InChI=1S/C11H11N2O2/c12-11(14)9-4-2-1-3-8(9)7-10-13-5-6-15-10/h1-4,7H,5-6H2,(H2,12,14). The molecule has 1 radical (unpaired) electrons. The summed E-state index contributed by atoms with van der Waals surface area (Å²) in [4.78, 5) is 15.2. The maximum atomic E-state index is 11.1. The predicted molar refractivity (Wildman–Crippen MR) is 56.6 cm³/mol. The van der Waals surface area contributed by atoms with Crippen molar-refractivity contribution in [2.24, 2.45) is 10.7 Å². The van der Waals surface area contributed by atoms with Gasteiger partial charge in [-0.2, -0.15) is 0 Å². The fourth-order valence-corrected chi connectivity index (χ4v) is 1.42. The van der Waals surface area contributed by atoms with Crippen LogP contribution < -0.4 is 5.73 Å². The first-order chi connectivity index (χ1) is 7.27. The summed E-state index contributed by atoms with van der Waals surface area (Å²) in [5, 5.41) is 0. The van der Waals surface area contributed by atoms with E-state index in [0.717, 1.165) is 5.56 Å². The van der Waals surface area contributed by atoms with Crippen LogP contribution in [0, 0.1) is 6.42 Å². The molecule has 1 aromatic carbocycles. The minimum absolute atomic E-state index is 0.444. The van der Waals surface area contributed by atoms with Crippen LogP contribution >= 0.6 is 0 Å². The van der Waals surface area contributed by atoms with Crippen LogP contribution in [-0.4, -0.2) is 25.0 Å². The summed E-state index contributed by atoms with van der Waals surface area (Å²) < 4.78 is 5.23. The summed E-state index contributed by atoms with van der Waals surface area (Å²) in [7, 11) is 0. The average Bonchev–Trinajstić information content (AvgIpc) is 2.71. The smallest absolute Gasteiger partial charge is 0.249 e. The molecule has 2 N–H and O–H groups in total. The van der Waals surface area contributed by atoms with Crippen molar-refractivity contribution in [1.29, 1.82) is 0 Å². The lowest BCUT2D eigenvalue weighted by Crippen LogP contribution is -2.14. The first-order valence-electron chi connectivity index (χ1n) is 4.68. The topological polar surface area (TPSA) is 64.7 Å². The third kappa shape index (κ3) is 2.15. The SMILES string of the molecule is NC(=O)c1ccccc1[CH]C1=NCCO1. The number of amides is 1. The van der Waals surface area contributed by atoms with Gasteiger partial charge in [0.05, 0.1) is 13.0 Å². The molecule has 0 bridgehead atoms. The van der Waals surface area contributed by atoms with Gasteiger partial charge in [0, 0.05) is 5.56 Å². The number of rotatable bonds is 3. The Morgan fingerprint density at radius 2 is 2.27 bits per heavy atom. The molecule has 0 saturated heterocycles. The Labute approximate surface area is 87.8 Å². The van der Waals surface area contributed by atoms with E-state index in [0.29, 0.717) is 24.6 Å². The van der Waals surface area contributed by atoms with Crippen molar-refractivity contribution in [1.82, 2.24) is 0 Å². The molecule has 0 aliphatic carbocycles. The quantitative estimate of drug-likeness (QED) is 0.788. The van der Waals surface area contributed by atoms with Gasteiger partial charge >= 0.3 is 0 Å². The van der Waals surface area contributed by atoms with Crippen molar-refractivity contribution in [3.63, 3.8) is 0 Å². The van der Waals surface area contributed by atoms with E-state index < -0.39 is 5.91 Å². The van der Waals surface area contributed by atoms with Crippen LogP contribution in [0.2, 0.25) is 0 Å². The van der Waals surface area contributed by atoms with Crippen LogP contribution in [0.25, 0.3) is 0 Å². The van der Waals surface area contributed by atoms with E-state index in [2.05, 4.69) is 4.99 Å². The molecular weight excluding hydrogens is 192 g/mol. The maximum absolute atomic E-state index is 11.1. The van der Waals surface area contributed by atoms with Gasteiger partial charge in [0.25, 0.3) is 0 Å². The fraction of sp³-hybridized carbons (Fsp3) is 0.182. The molecule has 0 spiro atoms. The Hall–Kier alpha value is -1.84. The van der Waals surface area contributed by atoms with E-state index in [-0.39, 0.29) is 0 Å². The maximum Gasteiger partial charge on any atom is 0.249 e. The van der Waals surface area contributed by atoms with Crippen molar-refractivity contribution in [2.45, 2.75) is 0 Å². The van der Waals surface area contributed by atoms with Crippen molar-refractivity contribution < 1.29 is 9.53 Å². The molecule has 1 aromatic rings. The number of carbonyl (C=O) groups excluding carboxylic acids is 1. The average molecular weight is 203 g/mol. The first-order valence-corrected chi connectivity index (χ1v) is 4.68. The second-order valence-electron chi connectivity index (χ2n) is 3.16. The van der Waals surface area contributed by atoms with Gasteiger partial charge in [0.2, 0.25) is 5.91 Å². The van der Waals surface area contributed by atoms with Crippen molar-refractivity contribution in [2.75, 3.05) is 13.2 Å². The van der Waals surface area contributed by atoms with E-state index in [1.165, 1.54) is 0 Å². The molecule has 4 nitrogen and oxygen atoms in total. The summed E-state index contributed by atoms with van der Waals surface area (Å²) in [6.07, 6.45) is 1.73. The molecule has 1 aliphatic heterocycles. The van der Waals surface area contributed by atoms with Gasteiger partial charge in [-0.15, -0.1) is 0 Å². The highest BCUT2D eigenvalue weighted by Crippen LogP contribution is 2.13. The lowest BCUT2D eigenvalue weighted by Gasteiger charge is -2.05. The van der Waals surface area contributed by atoms with Crippen LogP contribution in [0.15, 0.2) is 29.3 Å². The number of nitrogens with zero attached hydrogens (tertiary/aromatic N) is 1. The van der Waals surface area contributed by atoms with Gasteiger partial charge in [-0.3, -0.25) is 9.79 Å². The van der Waals surface area contributed by atoms with Crippen LogP contribution in [-0.2, 0) is 4.74 Å². The third-order valence-corrected chi connectivity index (χ3v) is 2.11. The Morgan fingerprint density at radius 1 is 1.47 bits per heavy atom. The Balaban J connectivity index is 2.23. The van der Waals surface area contributed by atoms with E-state index in [1.54, 1.807) is 18.6 Å². The minimum Gasteiger partial charge on any atom is -0.479 e. The molecule has 2 rings (SSSR count). The molecule has 1 amide bonds. The molecule has 4 heteroatoms. The zero-order chi connectivity index (χ0) is 10.7. The lowest BCUT2D eigenvalue weighted by molar-refractivity contribution is 0.1000. The summed E-state index contributed by atoms with van der Waals surface area (Å²) in [6.45, 7) is 1.27. The van der Waals surface area contributed by atoms with Crippen LogP contribution in [0.5, 0.6) is 0 Å². The van der Waals surface area contributed by atoms with Gasteiger partial charge in [-0.25, -0.2) is 0 Å². The molecule has 77 valence electrons.